The van der Waals surface area contributed by atoms with Crippen LogP contribution in [0.5, 0.6) is 0 Å². The largest absolute Gasteiger partial charge is 0.385 e. The van der Waals surface area contributed by atoms with Crippen LogP contribution in [0.15, 0.2) is 24.3 Å². The van der Waals surface area contributed by atoms with Crippen LogP contribution in [0.4, 0.5) is 5.69 Å². The van der Waals surface area contributed by atoms with Gasteiger partial charge < -0.3 is 10.6 Å². The van der Waals surface area contributed by atoms with Gasteiger partial charge in [0.15, 0.2) is 0 Å². The molecule has 1 fully saturated rings. The molecule has 1 unspecified atom stereocenters. The summed E-state index contributed by atoms with van der Waals surface area (Å²) in [4.78, 5) is 12.1. The molecule has 1 aromatic carbocycles. The number of anilines is 1. The lowest BCUT2D eigenvalue weighted by molar-refractivity contribution is 0.0954. The lowest BCUT2D eigenvalue weighted by Gasteiger charge is -2.21. The van der Waals surface area contributed by atoms with Crippen molar-refractivity contribution in [2.24, 2.45) is 0 Å². The number of rotatable bonds is 6. The molecule has 5 heteroatoms. The topological polar surface area (TPSA) is 41.1 Å². The summed E-state index contributed by atoms with van der Waals surface area (Å²) in [5, 5.41) is 6.90. The molecule has 20 heavy (non-hydrogen) atoms. The van der Waals surface area contributed by atoms with Gasteiger partial charge in [-0.25, -0.2) is 0 Å². The van der Waals surface area contributed by atoms with Gasteiger partial charge >= 0.3 is 0 Å². The van der Waals surface area contributed by atoms with E-state index in [1.807, 2.05) is 47.8 Å². The summed E-state index contributed by atoms with van der Waals surface area (Å²) in [5.74, 6) is 3.61. The Balaban J connectivity index is 1.79. The Labute approximate surface area is 129 Å². The zero-order chi connectivity index (χ0) is 14.2. The summed E-state index contributed by atoms with van der Waals surface area (Å²) in [6, 6.07) is 7.71. The van der Waals surface area contributed by atoms with Crippen LogP contribution in [0.25, 0.3) is 0 Å². The summed E-state index contributed by atoms with van der Waals surface area (Å²) in [5.41, 5.74) is 1.81. The van der Waals surface area contributed by atoms with Crippen molar-refractivity contribution in [2.75, 3.05) is 35.7 Å². The first-order valence-electron chi connectivity index (χ1n) is 7.11. The van der Waals surface area contributed by atoms with Crippen molar-refractivity contribution in [3.63, 3.8) is 0 Å². The molecule has 1 aromatic rings. The van der Waals surface area contributed by atoms with E-state index in [1.165, 1.54) is 11.5 Å². The predicted octanol–water partition coefficient (Wildman–Crippen LogP) is 3.09. The normalized spacial score (nSPS) is 18.6. The van der Waals surface area contributed by atoms with Gasteiger partial charge in [0, 0.05) is 46.8 Å². The molecule has 1 heterocycles. The minimum Gasteiger partial charge on any atom is -0.385 e. The number of nitrogens with one attached hydrogen (secondary N) is 2. The molecule has 1 aliphatic rings. The second-order valence-electron chi connectivity index (χ2n) is 4.78. The van der Waals surface area contributed by atoms with Crippen LogP contribution < -0.4 is 10.6 Å². The third-order valence-corrected chi connectivity index (χ3v) is 5.95. The van der Waals surface area contributed by atoms with Gasteiger partial charge in [-0.15, -0.1) is 0 Å². The number of hydrogen-bond donors (Lipinski definition) is 2. The maximum Gasteiger partial charge on any atom is 0.251 e. The van der Waals surface area contributed by atoms with Crippen molar-refractivity contribution < 1.29 is 4.79 Å². The van der Waals surface area contributed by atoms with Gasteiger partial charge in [-0.2, -0.15) is 23.5 Å². The molecule has 1 aliphatic heterocycles. The van der Waals surface area contributed by atoms with Gasteiger partial charge in [-0.05, 0) is 30.7 Å². The maximum absolute atomic E-state index is 12.1. The van der Waals surface area contributed by atoms with E-state index in [0.29, 0.717) is 5.25 Å². The fraction of sp³-hybridized carbons (Fsp3) is 0.533. The molecule has 1 amide bonds. The number of hydrogen-bond acceptors (Lipinski definition) is 4. The summed E-state index contributed by atoms with van der Waals surface area (Å²) in [6.45, 7) is 3.87. The number of thioether (sulfide) groups is 2. The van der Waals surface area contributed by atoms with E-state index in [0.717, 1.165) is 36.5 Å². The van der Waals surface area contributed by atoms with Gasteiger partial charge in [-0.3, -0.25) is 4.79 Å². The molecule has 0 bridgehead atoms. The van der Waals surface area contributed by atoms with Crippen LogP contribution in [-0.2, 0) is 0 Å². The molecular formula is C15H22N2OS2. The van der Waals surface area contributed by atoms with Gasteiger partial charge in [0.2, 0.25) is 0 Å². The SMILES string of the molecule is CCCNc1ccc(C(=O)NCC2CSCCS2)cc1. The minimum absolute atomic E-state index is 0.0308. The third-order valence-electron chi connectivity index (χ3n) is 3.10. The monoisotopic (exact) mass is 310 g/mol. The lowest BCUT2D eigenvalue weighted by atomic mass is 10.2. The molecule has 1 saturated heterocycles. The van der Waals surface area contributed by atoms with Crippen molar-refractivity contribution in [3.8, 4) is 0 Å². The zero-order valence-corrected chi connectivity index (χ0v) is 13.5. The van der Waals surface area contributed by atoms with Crippen molar-refractivity contribution in [1.82, 2.24) is 5.32 Å². The van der Waals surface area contributed by atoms with Crippen molar-refractivity contribution in [2.45, 2.75) is 18.6 Å². The average Bonchev–Trinajstić information content (AvgIpc) is 2.52. The van der Waals surface area contributed by atoms with Crippen molar-refractivity contribution in [1.29, 1.82) is 0 Å². The summed E-state index contributed by atoms with van der Waals surface area (Å²) in [6.07, 6.45) is 1.10. The maximum atomic E-state index is 12.1. The zero-order valence-electron chi connectivity index (χ0n) is 11.9. The van der Waals surface area contributed by atoms with Crippen LogP contribution in [0.3, 0.4) is 0 Å². The first-order valence-corrected chi connectivity index (χ1v) is 9.31. The van der Waals surface area contributed by atoms with E-state index in [9.17, 15) is 4.79 Å². The number of carbonyl (C=O) groups excluding carboxylic acids is 1. The van der Waals surface area contributed by atoms with E-state index in [4.69, 9.17) is 0 Å². The van der Waals surface area contributed by atoms with E-state index in [1.54, 1.807) is 0 Å². The van der Waals surface area contributed by atoms with Crippen LogP contribution in [0.2, 0.25) is 0 Å². The van der Waals surface area contributed by atoms with Gasteiger partial charge in [-0.1, -0.05) is 6.92 Å². The predicted molar refractivity (Wildman–Crippen MR) is 91.1 cm³/mol. The Morgan fingerprint density at radius 1 is 1.30 bits per heavy atom. The second kappa shape index (κ2) is 8.47. The molecule has 0 aromatic heterocycles. The molecule has 0 radical (unpaired) electrons. The number of amides is 1. The molecular weight excluding hydrogens is 288 g/mol. The Morgan fingerprint density at radius 2 is 2.10 bits per heavy atom. The van der Waals surface area contributed by atoms with Crippen LogP contribution >= 0.6 is 23.5 Å². The first kappa shape index (κ1) is 15.6. The quantitative estimate of drug-likeness (QED) is 0.847. The highest BCUT2D eigenvalue weighted by atomic mass is 32.2. The van der Waals surface area contributed by atoms with Crippen molar-refractivity contribution >= 4 is 35.1 Å². The smallest absolute Gasteiger partial charge is 0.251 e. The number of benzene rings is 1. The Hall–Kier alpha value is -0.810. The molecule has 2 rings (SSSR count). The van der Waals surface area contributed by atoms with E-state index >= 15 is 0 Å². The molecule has 110 valence electrons. The van der Waals surface area contributed by atoms with E-state index < -0.39 is 0 Å². The van der Waals surface area contributed by atoms with Crippen LogP contribution in [0, 0.1) is 0 Å². The highest BCUT2D eigenvalue weighted by Crippen LogP contribution is 2.23. The fourth-order valence-corrected chi connectivity index (χ4v) is 4.58. The first-order chi connectivity index (χ1) is 9.79. The highest BCUT2D eigenvalue weighted by molar-refractivity contribution is 8.06. The standard InChI is InChI=1S/C15H22N2OS2/c1-2-7-16-13-5-3-12(4-6-13)15(18)17-10-14-11-19-8-9-20-14/h3-6,14,16H,2,7-11H2,1H3,(H,17,18). The van der Waals surface area contributed by atoms with E-state index in [2.05, 4.69) is 17.6 Å². The molecule has 1 atom stereocenters. The summed E-state index contributed by atoms with van der Waals surface area (Å²) < 4.78 is 0. The second-order valence-corrected chi connectivity index (χ2v) is 7.34. The Morgan fingerprint density at radius 3 is 2.75 bits per heavy atom. The molecule has 2 N–H and O–H groups in total. The highest BCUT2D eigenvalue weighted by Gasteiger charge is 2.15. The molecule has 0 saturated carbocycles. The van der Waals surface area contributed by atoms with Gasteiger partial charge in [0.05, 0.1) is 0 Å². The van der Waals surface area contributed by atoms with Crippen molar-refractivity contribution in [3.05, 3.63) is 29.8 Å². The number of carbonyl (C=O) groups is 1. The van der Waals surface area contributed by atoms with Gasteiger partial charge in [0.25, 0.3) is 5.91 Å². The lowest BCUT2D eigenvalue weighted by Crippen LogP contribution is -2.33. The molecule has 0 spiro atoms. The Kier molecular flexibility index (Phi) is 6.60. The van der Waals surface area contributed by atoms with Gasteiger partial charge in [0.1, 0.15) is 0 Å². The average molecular weight is 310 g/mol. The summed E-state index contributed by atoms with van der Waals surface area (Å²) in [7, 11) is 0. The Bertz CT molecular complexity index is 416. The molecule has 0 aliphatic carbocycles. The molecule has 3 nitrogen and oxygen atoms in total. The van der Waals surface area contributed by atoms with Crippen LogP contribution in [-0.4, -0.2) is 41.5 Å². The fourth-order valence-electron chi connectivity index (χ4n) is 1.97. The third kappa shape index (κ3) is 4.94. The van der Waals surface area contributed by atoms with Crippen LogP contribution in [0.1, 0.15) is 23.7 Å². The summed E-state index contributed by atoms with van der Waals surface area (Å²) >= 11 is 3.95. The minimum atomic E-state index is 0.0308. The van der Waals surface area contributed by atoms with E-state index in [-0.39, 0.29) is 5.91 Å².